The normalized spacial score (nSPS) is 11.2. The lowest BCUT2D eigenvalue weighted by Crippen LogP contribution is -2.18. The second-order valence-corrected chi connectivity index (χ2v) is 6.32. The van der Waals surface area contributed by atoms with Gasteiger partial charge in [-0.25, -0.2) is 4.39 Å². The van der Waals surface area contributed by atoms with Crippen molar-refractivity contribution < 1.29 is 9.50 Å². The van der Waals surface area contributed by atoms with Crippen molar-refractivity contribution in [1.29, 1.82) is 0 Å². The van der Waals surface area contributed by atoms with Crippen LogP contribution in [0.25, 0.3) is 5.69 Å². The van der Waals surface area contributed by atoms with Crippen LogP contribution in [0.4, 0.5) is 10.1 Å². The molecular formula is C18H13ClFN3O2S. The standard InChI is InChI=1S/C18H13ClFN3O2S/c1-10-3-2-4-11(7-10)21-9-13-16(24)22-18(26)23(17(13)25)12-5-6-15(20)14(19)8-12/h2-9,25H,1H3,(H,22,24,26). The van der Waals surface area contributed by atoms with Gasteiger partial charge in [0, 0.05) is 6.21 Å². The Kier molecular flexibility index (Phi) is 5.01. The van der Waals surface area contributed by atoms with Crippen LogP contribution in [-0.2, 0) is 0 Å². The zero-order chi connectivity index (χ0) is 18.8. The Labute approximate surface area is 158 Å². The molecule has 0 bridgehead atoms. The molecule has 5 nitrogen and oxygen atoms in total. The van der Waals surface area contributed by atoms with Gasteiger partial charge in [-0.15, -0.1) is 0 Å². The van der Waals surface area contributed by atoms with Crippen LogP contribution in [0.15, 0.2) is 52.3 Å². The number of rotatable bonds is 3. The molecule has 0 amide bonds. The molecule has 0 fully saturated rings. The number of nitrogens with one attached hydrogen (secondary N) is 1. The van der Waals surface area contributed by atoms with Gasteiger partial charge < -0.3 is 5.11 Å². The van der Waals surface area contributed by atoms with E-state index in [-0.39, 0.29) is 15.4 Å². The van der Waals surface area contributed by atoms with Gasteiger partial charge in [-0.2, -0.15) is 0 Å². The number of benzene rings is 2. The molecule has 2 aromatic carbocycles. The minimum atomic E-state index is -0.605. The topological polar surface area (TPSA) is 70.4 Å². The molecule has 2 N–H and O–H groups in total. The van der Waals surface area contributed by atoms with Crippen molar-refractivity contribution in [2.75, 3.05) is 0 Å². The van der Waals surface area contributed by atoms with Gasteiger partial charge in [-0.3, -0.25) is 19.3 Å². The first-order chi connectivity index (χ1) is 12.4. The fourth-order valence-electron chi connectivity index (χ4n) is 2.37. The van der Waals surface area contributed by atoms with Crippen molar-refractivity contribution in [3.8, 4) is 11.6 Å². The Morgan fingerprint density at radius 3 is 2.77 bits per heavy atom. The minimum Gasteiger partial charge on any atom is -0.494 e. The van der Waals surface area contributed by atoms with Gasteiger partial charge in [-0.1, -0.05) is 23.7 Å². The second kappa shape index (κ2) is 7.23. The predicted octanol–water partition coefficient (Wildman–Crippen LogP) is 4.45. The Morgan fingerprint density at radius 2 is 2.08 bits per heavy atom. The van der Waals surface area contributed by atoms with E-state index in [2.05, 4.69) is 9.98 Å². The Balaban J connectivity index is 2.14. The van der Waals surface area contributed by atoms with Gasteiger partial charge in [0.1, 0.15) is 11.4 Å². The van der Waals surface area contributed by atoms with E-state index in [4.69, 9.17) is 23.8 Å². The van der Waals surface area contributed by atoms with E-state index < -0.39 is 17.3 Å². The largest absolute Gasteiger partial charge is 0.494 e. The Hall–Kier alpha value is -2.77. The SMILES string of the molecule is Cc1cccc(N=Cc2c(O)n(-c3ccc(F)c(Cl)c3)c(=S)[nH]c2=O)c1. The number of halogens is 2. The van der Waals surface area contributed by atoms with Gasteiger partial charge in [0.15, 0.2) is 4.77 Å². The summed E-state index contributed by atoms with van der Waals surface area (Å²) < 4.78 is 14.5. The van der Waals surface area contributed by atoms with Gasteiger partial charge in [0.2, 0.25) is 5.88 Å². The first-order valence-corrected chi connectivity index (χ1v) is 8.30. The van der Waals surface area contributed by atoms with E-state index in [1.54, 1.807) is 6.07 Å². The summed E-state index contributed by atoms with van der Waals surface area (Å²) in [4.78, 5) is 18.9. The molecule has 0 aliphatic heterocycles. The lowest BCUT2D eigenvalue weighted by molar-refractivity contribution is 0.432. The molecule has 3 rings (SSSR count). The average molecular weight is 390 g/mol. The molecule has 0 aliphatic rings. The van der Waals surface area contributed by atoms with Crippen molar-refractivity contribution in [3.05, 3.63) is 79.6 Å². The number of hydrogen-bond acceptors (Lipinski definition) is 4. The number of aromatic nitrogens is 2. The lowest BCUT2D eigenvalue weighted by atomic mass is 10.2. The third-order valence-electron chi connectivity index (χ3n) is 3.63. The fourth-order valence-corrected chi connectivity index (χ4v) is 2.83. The number of aryl methyl sites for hydroxylation is 1. The molecule has 0 unspecified atom stereocenters. The van der Waals surface area contributed by atoms with Gasteiger partial charge >= 0.3 is 0 Å². The number of aliphatic imine (C=N–C) groups is 1. The minimum absolute atomic E-state index is 0.0529. The molecule has 1 aromatic heterocycles. The number of aromatic amines is 1. The maximum absolute atomic E-state index is 13.4. The van der Waals surface area contributed by atoms with E-state index in [0.717, 1.165) is 11.6 Å². The van der Waals surface area contributed by atoms with Crippen LogP contribution in [-0.4, -0.2) is 20.9 Å². The smallest absolute Gasteiger partial charge is 0.264 e. The van der Waals surface area contributed by atoms with E-state index in [1.165, 1.54) is 22.9 Å². The van der Waals surface area contributed by atoms with Crippen LogP contribution < -0.4 is 5.56 Å². The third-order valence-corrected chi connectivity index (χ3v) is 4.20. The molecule has 0 saturated carbocycles. The van der Waals surface area contributed by atoms with Crippen molar-refractivity contribution in [3.63, 3.8) is 0 Å². The lowest BCUT2D eigenvalue weighted by Gasteiger charge is -2.11. The first kappa shape index (κ1) is 18.0. The summed E-state index contributed by atoms with van der Waals surface area (Å²) in [6.07, 6.45) is 1.25. The van der Waals surface area contributed by atoms with Crippen molar-refractivity contribution in [2.24, 2.45) is 4.99 Å². The highest BCUT2D eigenvalue weighted by Crippen LogP contribution is 2.24. The van der Waals surface area contributed by atoms with Crippen LogP contribution in [0.1, 0.15) is 11.1 Å². The fraction of sp³-hybridized carbons (Fsp3) is 0.0556. The van der Waals surface area contributed by atoms with E-state index >= 15 is 0 Å². The van der Waals surface area contributed by atoms with Crippen LogP contribution in [0.2, 0.25) is 5.02 Å². The molecule has 1 heterocycles. The number of aromatic hydroxyl groups is 1. The van der Waals surface area contributed by atoms with Crippen molar-refractivity contribution in [2.45, 2.75) is 6.92 Å². The quantitative estimate of drug-likeness (QED) is 0.513. The zero-order valence-electron chi connectivity index (χ0n) is 13.5. The maximum Gasteiger partial charge on any atom is 0.264 e. The molecule has 26 heavy (non-hydrogen) atoms. The van der Waals surface area contributed by atoms with E-state index in [0.29, 0.717) is 11.4 Å². The molecular weight excluding hydrogens is 377 g/mol. The number of H-pyrrole nitrogens is 1. The monoisotopic (exact) mass is 389 g/mol. The molecule has 3 aromatic rings. The van der Waals surface area contributed by atoms with Crippen molar-refractivity contribution in [1.82, 2.24) is 9.55 Å². The maximum atomic E-state index is 13.4. The van der Waals surface area contributed by atoms with E-state index in [1.807, 2.05) is 25.1 Å². The van der Waals surface area contributed by atoms with Crippen molar-refractivity contribution >= 4 is 35.7 Å². The molecule has 0 atom stereocenters. The van der Waals surface area contributed by atoms with Gasteiger partial charge in [-0.05, 0) is 55.0 Å². The van der Waals surface area contributed by atoms with Crippen LogP contribution >= 0.6 is 23.8 Å². The zero-order valence-corrected chi connectivity index (χ0v) is 15.1. The molecule has 0 radical (unpaired) electrons. The molecule has 0 aliphatic carbocycles. The summed E-state index contributed by atoms with van der Waals surface area (Å²) in [5.74, 6) is -1.02. The van der Waals surface area contributed by atoms with E-state index in [9.17, 15) is 14.3 Å². The highest BCUT2D eigenvalue weighted by Gasteiger charge is 2.13. The first-order valence-electron chi connectivity index (χ1n) is 7.51. The summed E-state index contributed by atoms with van der Waals surface area (Å²) in [6.45, 7) is 1.92. The molecule has 0 spiro atoms. The molecule has 8 heteroatoms. The average Bonchev–Trinajstić information content (AvgIpc) is 2.57. The summed E-state index contributed by atoms with van der Waals surface area (Å²) in [5, 5.41) is 10.4. The third kappa shape index (κ3) is 3.58. The number of hydrogen-bond donors (Lipinski definition) is 2. The summed E-state index contributed by atoms with van der Waals surface area (Å²) in [6, 6.07) is 11.2. The summed E-state index contributed by atoms with van der Waals surface area (Å²) in [5.41, 5.74) is 1.27. The molecule has 132 valence electrons. The number of nitrogens with zero attached hydrogens (tertiary/aromatic N) is 2. The Bertz CT molecular complexity index is 1140. The summed E-state index contributed by atoms with van der Waals surface area (Å²) in [7, 11) is 0. The Morgan fingerprint density at radius 1 is 1.31 bits per heavy atom. The van der Waals surface area contributed by atoms with Crippen LogP contribution in [0, 0.1) is 17.5 Å². The summed E-state index contributed by atoms with van der Waals surface area (Å²) >= 11 is 10.9. The highest BCUT2D eigenvalue weighted by atomic mass is 35.5. The molecule has 0 saturated heterocycles. The van der Waals surface area contributed by atoms with Crippen LogP contribution in [0.3, 0.4) is 0 Å². The van der Waals surface area contributed by atoms with Gasteiger partial charge in [0.05, 0.1) is 16.4 Å². The second-order valence-electron chi connectivity index (χ2n) is 5.53. The van der Waals surface area contributed by atoms with Crippen LogP contribution in [0.5, 0.6) is 5.88 Å². The van der Waals surface area contributed by atoms with Gasteiger partial charge in [0.25, 0.3) is 5.56 Å². The predicted molar refractivity (Wildman–Crippen MR) is 102 cm³/mol. The highest BCUT2D eigenvalue weighted by molar-refractivity contribution is 7.71.